The number of nitrogens with one attached hydrogen (secondary N) is 1. The number of hydrogen-bond acceptors (Lipinski definition) is 3. The fraction of sp³-hybridized carbons (Fsp3) is 0.417. The van der Waals surface area contributed by atoms with Crippen molar-refractivity contribution in [2.45, 2.75) is 26.8 Å². The van der Waals surface area contributed by atoms with E-state index < -0.39 is 4.92 Å². The first-order valence-corrected chi connectivity index (χ1v) is 5.95. The lowest BCUT2D eigenvalue weighted by Crippen LogP contribution is -2.36. The Morgan fingerprint density at radius 3 is 2.44 bits per heavy atom. The van der Waals surface area contributed by atoms with Crippen LogP contribution in [0.1, 0.15) is 31.1 Å². The molecule has 1 N–H and O–H groups in total. The molecule has 0 aromatic heterocycles. The Balaban J connectivity index is 2.90. The summed E-state index contributed by atoms with van der Waals surface area (Å²) in [4.78, 5) is 21.9. The summed E-state index contributed by atoms with van der Waals surface area (Å²) in [6.45, 7) is 5.87. The number of halogens is 1. The normalized spacial score (nSPS) is 12.3. The third kappa shape index (κ3) is 3.43. The van der Waals surface area contributed by atoms with Gasteiger partial charge in [-0.25, -0.2) is 0 Å². The number of carbonyl (C=O) groups excluding carboxylic acids is 1. The molecule has 0 saturated heterocycles. The molecule has 1 unspecified atom stereocenters. The molecule has 5 nitrogen and oxygen atoms in total. The van der Waals surface area contributed by atoms with Crippen LogP contribution in [0, 0.1) is 16.0 Å². The van der Waals surface area contributed by atoms with Crippen LogP contribution in [0.4, 0.5) is 5.69 Å². The molecular weight excluding hydrogens is 256 g/mol. The topological polar surface area (TPSA) is 72.2 Å². The van der Waals surface area contributed by atoms with E-state index in [1.54, 1.807) is 0 Å². The van der Waals surface area contributed by atoms with Crippen LogP contribution in [0.15, 0.2) is 18.2 Å². The van der Waals surface area contributed by atoms with Gasteiger partial charge in [0.1, 0.15) is 0 Å². The number of benzene rings is 1. The SMILES string of the molecule is CC(C)C(C)NC(=O)c1ccc([N+](=O)[O-])cc1Cl. The first kappa shape index (κ1) is 14.4. The second kappa shape index (κ2) is 5.82. The lowest BCUT2D eigenvalue weighted by atomic mass is 10.1. The second-order valence-electron chi connectivity index (χ2n) is 4.43. The van der Waals surface area contributed by atoms with Crippen LogP contribution in [0.2, 0.25) is 5.02 Å². The van der Waals surface area contributed by atoms with Gasteiger partial charge in [-0.2, -0.15) is 0 Å². The zero-order chi connectivity index (χ0) is 13.9. The molecule has 0 heterocycles. The second-order valence-corrected chi connectivity index (χ2v) is 4.83. The van der Waals surface area contributed by atoms with E-state index in [0.29, 0.717) is 5.92 Å². The van der Waals surface area contributed by atoms with Crippen molar-refractivity contribution >= 4 is 23.2 Å². The van der Waals surface area contributed by atoms with Crippen LogP contribution in [0.5, 0.6) is 0 Å². The largest absolute Gasteiger partial charge is 0.349 e. The van der Waals surface area contributed by atoms with Crippen molar-refractivity contribution in [3.8, 4) is 0 Å². The van der Waals surface area contributed by atoms with Crippen molar-refractivity contribution in [2.24, 2.45) is 5.92 Å². The van der Waals surface area contributed by atoms with Crippen molar-refractivity contribution in [3.63, 3.8) is 0 Å². The van der Waals surface area contributed by atoms with Crippen molar-refractivity contribution in [3.05, 3.63) is 38.9 Å². The molecule has 0 spiro atoms. The fourth-order valence-electron chi connectivity index (χ4n) is 1.25. The average Bonchev–Trinajstić information content (AvgIpc) is 2.28. The first-order valence-electron chi connectivity index (χ1n) is 5.57. The number of amides is 1. The van der Waals surface area contributed by atoms with Gasteiger partial charge in [-0.05, 0) is 18.9 Å². The van der Waals surface area contributed by atoms with Crippen LogP contribution in [0.25, 0.3) is 0 Å². The number of hydrogen-bond donors (Lipinski definition) is 1. The Kier molecular flexibility index (Phi) is 4.67. The van der Waals surface area contributed by atoms with E-state index in [-0.39, 0.29) is 28.2 Å². The van der Waals surface area contributed by atoms with E-state index in [1.807, 2.05) is 20.8 Å². The van der Waals surface area contributed by atoms with Crippen LogP contribution in [-0.4, -0.2) is 16.9 Å². The number of nitro groups is 1. The lowest BCUT2D eigenvalue weighted by Gasteiger charge is -2.17. The minimum absolute atomic E-state index is 0.00348. The minimum Gasteiger partial charge on any atom is -0.349 e. The number of carbonyl (C=O) groups is 1. The molecule has 0 aliphatic heterocycles. The van der Waals surface area contributed by atoms with Crippen LogP contribution >= 0.6 is 11.6 Å². The highest BCUT2D eigenvalue weighted by molar-refractivity contribution is 6.34. The first-order chi connectivity index (χ1) is 8.32. The summed E-state index contributed by atoms with van der Waals surface area (Å²) in [5, 5.41) is 13.4. The van der Waals surface area contributed by atoms with Gasteiger partial charge in [-0.3, -0.25) is 14.9 Å². The van der Waals surface area contributed by atoms with Gasteiger partial charge in [0.25, 0.3) is 11.6 Å². The van der Waals surface area contributed by atoms with Gasteiger partial charge in [-0.1, -0.05) is 25.4 Å². The molecule has 0 saturated carbocycles. The Labute approximate surface area is 110 Å². The van der Waals surface area contributed by atoms with E-state index >= 15 is 0 Å². The summed E-state index contributed by atoms with van der Waals surface area (Å²) in [7, 11) is 0. The van der Waals surface area contributed by atoms with E-state index in [0.717, 1.165) is 0 Å². The highest BCUT2D eigenvalue weighted by Crippen LogP contribution is 2.22. The van der Waals surface area contributed by atoms with Crippen LogP contribution in [0.3, 0.4) is 0 Å². The monoisotopic (exact) mass is 270 g/mol. The summed E-state index contributed by atoms with van der Waals surface area (Å²) >= 11 is 5.87. The highest BCUT2D eigenvalue weighted by atomic mass is 35.5. The molecule has 1 aromatic rings. The van der Waals surface area contributed by atoms with Gasteiger partial charge in [0.15, 0.2) is 0 Å². The zero-order valence-corrected chi connectivity index (χ0v) is 11.2. The molecule has 6 heteroatoms. The molecule has 18 heavy (non-hydrogen) atoms. The number of nitrogens with zero attached hydrogens (tertiary/aromatic N) is 1. The van der Waals surface area contributed by atoms with Crippen molar-refractivity contribution in [1.82, 2.24) is 5.32 Å². The van der Waals surface area contributed by atoms with E-state index in [2.05, 4.69) is 5.32 Å². The Morgan fingerprint density at radius 1 is 1.39 bits per heavy atom. The van der Waals surface area contributed by atoms with Gasteiger partial charge in [0.05, 0.1) is 15.5 Å². The maximum atomic E-state index is 11.9. The Morgan fingerprint density at radius 2 is 2.00 bits per heavy atom. The number of nitro benzene ring substituents is 1. The van der Waals surface area contributed by atoms with Crippen molar-refractivity contribution < 1.29 is 9.72 Å². The molecule has 0 bridgehead atoms. The molecule has 0 fully saturated rings. The standard InChI is InChI=1S/C12H15ClN2O3/c1-7(2)8(3)14-12(16)10-5-4-9(15(17)18)6-11(10)13/h4-8H,1-3H3,(H,14,16). The Hall–Kier alpha value is -1.62. The average molecular weight is 271 g/mol. The highest BCUT2D eigenvalue weighted by Gasteiger charge is 2.17. The molecule has 1 atom stereocenters. The molecule has 0 aliphatic carbocycles. The van der Waals surface area contributed by atoms with Crippen molar-refractivity contribution in [2.75, 3.05) is 0 Å². The van der Waals surface area contributed by atoms with Crippen LogP contribution in [-0.2, 0) is 0 Å². The minimum atomic E-state index is -0.551. The predicted molar refractivity (Wildman–Crippen MR) is 69.9 cm³/mol. The Bertz CT molecular complexity index is 474. The van der Waals surface area contributed by atoms with E-state index in [4.69, 9.17) is 11.6 Å². The van der Waals surface area contributed by atoms with E-state index in [9.17, 15) is 14.9 Å². The van der Waals surface area contributed by atoms with Gasteiger partial charge in [0.2, 0.25) is 0 Å². The quantitative estimate of drug-likeness (QED) is 0.675. The van der Waals surface area contributed by atoms with E-state index in [1.165, 1.54) is 18.2 Å². The lowest BCUT2D eigenvalue weighted by molar-refractivity contribution is -0.384. The predicted octanol–water partition coefficient (Wildman–Crippen LogP) is 3.02. The maximum absolute atomic E-state index is 11.9. The summed E-state index contributed by atoms with van der Waals surface area (Å²) < 4.78 is 0. The smallest absolute Gasteiger partial charge is 0.270 e. The molecule has 98 valence electrons. The summed E-state index contributed by atoms with van der Waals surface area (Å²) in [5.74, 6) is -0.0260. The molecule has 1 amide bonds. The third-order valence-corrected chi connectivity index (χ3v) is 3.08. The maximum Gasteiger partial charge on any atom is 0.270 e. The van der Waals surface area contributed by atoms with Gasteiger partial charge >= 0.3 is 0 Å². The van der Waals surface area contributed by atoms with Gasteiger partial charge < -0.3 is 5.32 Å². The molecule has 0 radical (unpaired) electrons. The van der Waals surface area contributed by atoms with Gasteiger partial charge in [-0.15, -0.1) is 0 Å². The van der Waals surface area contributed by atoms with Crippen molar-refractivity contribution in [1.29, 1.82) is 0 Å². The van der Waals surface area contributed by atoms with Crippen LogP contribution < -0.4 is 5.32 Å². The molecular formula is C12H15ClN2O3. The molecule has 0 aliphatic rings. The van der Waals surface area contributed by atoms with Gasteiger partial charge in [0, 0.05) is 18.2 Å². The number of rotatable bonds is 4. The zero-order valence-electron chi connectivity index (χ0n) is 10.4. The summed E-state index contributed by atoms with van der Waals surface area (Å²) in [6.07, 6.45) is 0. The number of non-ortho nitro benzene ring substituents is 1. The molecule has 1 rings (SSSR count). The molecule has 1 aromatic carbocycles. The summed E-state index contributed by atoms with van der Waals surface area (Å²) in [5.41, 5.74) is 0.114. The fourth-order valence-corrected chi connectivity index (χ4v) is 1.51. The summed E-state index contributed by atoms with van der Waals surface area (Å²) in [6, 6.07) is 3.81. The third-order valence-electron chi connectivity index (χ3n) is 2.77.